The molecule has 0 aromatic carbocycles. The fourth-order valence-corrected chi connectivity index (χ4v) is 1.76. The van der Waals surface area contributed by atoms with Gasteiger partial charge in [-0.2, -0.15) is 0 Å². The van der Waals surface area contributed by atoms with Gasteiger partial charge in [-0.25, -0.2) is 14.4 Å². The average Bonchev–Trinajstić information content (AvgIpc) is 3.00. The lowest BCUT2D eigenvalue weighted by Gasteiger charge is -2.15. The van der Waals surface area contributed by atoms with Crippen LogP contribution in [0.3, 0.4) is 0 Å². The Labute approximate surface area is 121 Å². The van der Waals surface area contributed by atoms with Gasteiger partial charge in [-0.15, -0.1) is 0 Å². The highest BCUT2D eigenvalue weighted by molar-refractivity contribution is 5.83. The largest absolute Gasteiger partial charge is 0.467 e. The first kappa shape index (κ1) is 15.0. The highest BCUT2D eigenvalue weighted by Crippen LogP contribution is 2.14. The molecular weight excluding hydrogens is 275 g/mol. The number of amides is 1. The van der Waals surface area contributed by atoms with Gasteiger partial charge in [-0.1, -0.05) is 6.92 Å². The molecule has 0 fully saturated rings. The van der Waals surface area contributed by atoms with Crippen LogP contribution >= 0.6 is 0 Å². The van der Waals surface area contributed by atoms with E-state index < -0.39 is 11.9 Å². The molecule has 0 bridgehead atoms. The first-order valence-corrected chi connectivity index (χ1v) is 6.67. The van der Waals surface area contributed by atoms with Crippen molar-refractivity contribution in [1.82, 2.24) is 15.3 Å². The number of hydrogen-bond acceptors (Lipinski definition) is 5. The summed E-state index contributed by atoms with van der Waals surface area (Å²) in [6.07, 6.45) is 3.27. The number of anilines is 1. The van der Waals surface area contributed by atoms with Gasteiger partial charge >= 0.3 is 0 Å². The predicted octanol–water partition coefficient (Wildman–Crippen LogP) is 1.89. The molecule has 0 aliphatic heterocycles. The zero-order valence-corrected chi connectivity index (χ0v) is 11.9. The lowest BCUT2D eigenvalue weighted by molar-refractivity contribution is -0.121. The summed E-state index contributed by atoms with van der Waals surface area (Å²) in [6.45, 7) is 3.71. The minimum atomic E-state index is -0.630. The number of aromatic nitrogens is 2. The Morgan fingerprint density at radius 3 is 2.95 bits per heavy atom. The van der Waals surface area contributed by atoms with Crippen molar-refractivity contribution in [2.75, 3.05) is 5.32 Å². The highest BCUT2D eigenvalue weighted by Gasteiger charge is 2.17. The summed E-state index contributed by atoms with van der Waals surface area (Å²) in [5, 5.41) is 5.44. The minimum absolute atomic E-state index is 0.0301. The molecule has 2 heterocycles. The maximum atomic E-state index is 14.0. The number of carbonyl (C=O) groups excluding carboxylic acids is 1. The van der Waals surface area contributed by atoms with E-state index in [4.69, 9.17) is 4.42 Å². The van der Waals surface area contributed by atoms with Crippen molar-refractivity contribution in [2.45, 2.75) is 32.9 Å². The molecule has 1 amide bonds. The zero-order chi connectivity index (χ0) is 15.2. The molecule has 2 aromatic heterocycles. The van der Waals surface area contributed by atoms with Crippen LogP contribution in [0, 0.1) is 5.82 Å². The van der Waals surface area contributed by atoms with Crippen molar-refractivity contribution < 1.29 is 13.6 Å². The van der Waals surface area contributed by atoms with Crippen LogP contribution in [0.4, 0.5) is 10.2 Å². The van der Waals surface area contributed by atoms with Crippen LogP contribution in [0.2, 0.25) is 0 Å². The maximum Gasteiger partial charge on any atom is 0.242 e. The number of carbonyl (C=O) groups is 1. The number of hydrogen-bond donors (Lipinski definition) is 2. The summed E-state index contributed by atoms with van der Waals surface area (Å²) < 4.78 is 19.1. The van der Waals surface area contributed by atoms with Crippen LogP contribution in [0.5, 0.6) is 0 Å². The van der Waals surface area contributed by atoms with Crippen molar-refractivity contribution in [1.29, 1.82) is 0 Å². The first-order chi connectivity index (χ1) is 10.1. The SMILES string of the molecule is CCc1ncnc(N[C@@H](C)C(=O)NCc2ccco2)c1F. The summed E-state index contributed by atoms with van der Waals surface area (Å²) in [5.41, 5.74) is 0.315. The fourth-order valence-electron chi connectivity index (χ4n) is 1.76. The molecule has 21 heavy (non-hydrogen) atoms. The van der Waals surface area contributed by atoms with Gasteiger partial charge in [0.2, 0.25) is 5.91 Å². The molecule has 2 aromatic rings. The molecule has 0 saturated heterocycles. The summed E-state index contributed by atoms with van der Waals surface area (Å²) in [5.74, 6) is -0.118. The van der Waals surface area contributed by atoms with Crippen molar-refractivity contribution in [2.24, 2.45) is 0 Å². The van der Waals surface area contributed by atoms with E-state index in [1.807, 2.05) is 0 Å². The lowest BCUT2D eigenvalue weighted by Crippen LogP contribution is -2.37. The number of halogens is 1. The Morgan fingerprint density at radius 1 is 1.48 bits per heavy atom. The predicted molar refractivity (Wildman–Crippen MR) is 75.0 cm³/mol. The molecule has 0 spiro atoms. The van der Waals surface area contributed by atoms with Gasteiger partial charge < -0.3 is 15.1 Å². The van der Waals surface area contributed by atoms with Crippen molar-refractivity contribution in [3.8, 4) is 0 Å². The van der Waals surface area contributed by atoms with E-state index in [1.165, 1.54) is 12.6 Å². The van der Waals surface area contributed by atoms with Gasteiger partial charge in [0.25, 0.3) is 0 Å². The molecule has 0 saturated carbocycles. The number of nitrogens with zero attached hydrogens (tertiary/aromatic N) is 2. The monoisotopic (exact) mass is 292 g/mol. The molecule has 2 N–H and O–H groups in total. The van der Waals surface area contributed by atoms with Crippen LogP contribution in [0.15, 0.2) is 29.1 Å². The standard InChI is InChI=1S/C14H17FN4O2/c1-3-11-12(15)13(18-8-17-11)19-9(2)14(20)16-7-10-5-4-6-21-10/h4-6,8-9H,3,7H2,1-2H3,(H,16,20)(H,17,18,19)/t9-/m0/s1. The van der Waals surface area contributed by atoms with Crippen LogP contribution in [0.25, 0.3) is 0 Å². The van der Waals surface area contributed by atoms with E-state index in [1.54, 1.807) is 26.0 Å². The van der Waals surface area contributed by atoms with Crippen molar-refractivity contribution in [3.63, 3.8) is 0 Å². The summed E-state index contributed by atoms with van der Waals surface area (Å²) in [6, 6.07) is 2.87. The Kier molecular flexibility index (Phi) is 4.86. The molecule has 1 atom stereocenters. The van der Waals surface area contributed by atoms with Gasteiger partial charge in [0.15, 0.2) is 11.6 Å². The minimum Gasteiger partial charge on any atom is -0.467 e. The summed E-state index contributed by atoms with van der Waals surface area (Å²) >= 11 is 0. The molecule has 0 unspecified atom stereocenters. The van der Waals surface area contributed by atoms with Gasteiger partial charge in [0, 0.05) is 0 Å². The zero-order valence-electron chi connectivity index (χ0n) is 11.9. The Bertz CT molecular complexity index is 601. The fraction of sp³-hybridized carbons (Fsp3) is 0.357. The molecule has 112 valence electrons. The van der Waals surface area contributed by atoms with E-state index in [9.17, 15) is 9.18 Å². The Hall–Kier alpha value is -2.44. The van der Waals surface area contributed by atoms with Crippen LogP contribution in [0.1, 0.15) is 25.3 Å². The van der Waals surface area contributed by atoms with E-state index in [-0.39, 0.29) is 18.3 Å². The summed E-state index contributed by atoms with van der Waals surface area (Å²) in [4.78, 5) is 19.6. The van der Waals surface area contributed by atoms with E-state index in [2.05, 4.69) is 20.6 Å². The van der Waals surface area contributed by atoms with Crippen molar-refractivity contribution in [3.05, 3.63) is 42.0 Å². The summed E-state index contributed by atoms with van der Waals surface area (Å²) in [7, 11) is 0. The van der Waals surface area contributed by atoms with E-state index in [0.717, 1.165) is 0 Å². The van der Waals surface area contributed by atoms with E-state index >= 15 is 0 Å². The Morgan fingerprint density at radius 2 is 2.29 bits per heavy atom. The molecular formula is C14H17FN4O2. The lowest BCUT2D eigenvalue weighted by atomic mass is 10.2. The third-order valence-electron chi connectivity index (χ3n) is 2.96. The number of rotatable bonds is 6. The first-order valence-electron chi connectivity index (χ1n) is 6.67. The third-order valence-corrected chi connectivity index (χ3v) is 2.96. The molecule has 0 aliphatic rings. The van der Waals surface area contributed by atoms with Gasteiger partial charge in [-0.05, 0) is 25.5 Å². The highest BCUT2D eigenvalue weighted by atomic mass is 19.1. The second kappa shape index (κ2) is 6.83. The maximum absolute atomic E-state index is 14.0. The van der Waals surface area contributed by atoms with E-state index in [0.29, 0.717) is 17.9 Å². The second-order valence-corrected chi connectivity index (χ2v) is 4.50. The molecule has 6 nitrogen and oxygen atoms in total. The van der Waals surface area contributed by atoms with Gasteiger partial charge in [-0.3, -0.25) is 4.79 Å². The van der Waals surface area contributed by atoms with Gasteiger partial charge in [0.1, 0.15) is 18.1 Å². The second-order valence-electron chi connectivity index (χ2n) is 4.50. The third kappa shape index (κ3) is 3.77. The average molecular weight is 292 g/mol. The molecule has 7 heteroatoms. The van der Waals surface area contributed by atoms with Crippen LogP contribution in [-0.4, -0.2) is 21.9 Å². The quantitative estimate of drug-likeness (QED) is 0.850. The normalized spacial score (nSPS) is 12.0. The number of furan rings is 1. The number of nitrogens with one attached hydrogen (secondary N) is 2. The smallest absolute Gasteiger partial charge is 0.242 e. The van der Waals surface area contributed by atoms with Crippen LogP contribution in [-0.2, 0) is 17.8 Å². The molecule has 0 aliphatic carbocycles. The van der Waals surface area contributed by atoms with Crippen LogP contribution < -0.4 is 10.6 Å². The van der Waals surface area contributed by atoms with Gasteiger partial charge in [0.05, 0.1) is 18.5 Å². The Balaban J connectivity index is 1.94. The van der Waals surface area contributed by atoms with Crippen molar-refractivity contribution >= 4 is 11.7 Å². The number of aryl methyl sites for hydroxylation is 1. The molecule has 2 rings (SSSR count). The molecule has 0 radical (unpaired) electrons. The topological polar surface area (TPSA) is 80.0 Å².